The molecule has 0 spiro atoms. The van der Waals surface area contributed by atoms with Gasteiger partial charge in [0, 0.05) is 18.2 Å². The first-order valence-corrected chi connectivity index (χ1v) is 9.96. The third kappa shape index (κ3) is 4.94. The zero-order chi connectivity index (χ0) is 19.2. The van der Waals surface area contributed by atoms with Gasteiger partial charge in [0.05, 0.1) is 30.9 Å². The number of methoxy groups -OCH3 is 1. The molecule has 1 saturated heterocycles. The van der Waals surface area contributed by atoms with E-state index in [1.807, 2.05) is 24.3 Å². The van der Waals surface area contributed by atoms with Gasteiger partial charge in [-0.05, 0) is 64.9 Å². The lowest BCUT2D eigenvalue weighted by Crippen LogP contribution is -2.24. The molecule has 1 aliphatic rings. The van der Waals surface area contributed by atoms with E-state index in [2.05, 4.69) is 15.9 Å². The van der Waals surface area contributed by atoms with Crippen molar-refractivity contribution in [2.75, 3.05) is 26.9 Å². The Balaban J connectivity index is 1.78. The number of phenols is 2. The molecule has 0 bridgehead atoms. The molecule has 0 saturated carbocycles. The van der Waals surface area contributed by atoms with Crippen molar-refractivity contribution in [3.8, 4) is 28.4 Å². The van der Waals surface area contributed by atoms with Crippen molar-refractivity contribution in [3.63, 3.8) is 0 Å². The molecule has 146 valence electrons. The van der Waals surface area contributed by atoms with Crippen LogP contribution in [0.5, 0.6) is 17.2 Å². The normalized spacial score (nSPS) is 17.0. The molecule has 1 aliphatic heterocycles. The smallest absolute Gasteiger partial charge is 0.133 e. The average Bonchev–Trinajstić information content (AvgIpc) is 2.69. The van der Waals surface area contributed by atoms with E-state index in [0.717, 1.165) is 30.6 Å². The van der Waals surface area contributed by atoms with Crippen molar-refractivity contribution < 1.29 is 24.4 Å². The summed E-state index contributed by atoms with van der Waals surface area (Å²) in [4.78, 5) is 0. The van der Waals surface area contributed by atoms with Gasteiger partial charge in [0.1, 0.15) is 17.2 Å². The van der Waals surface area contributed by atoms with E-state index >= 15 is 0 Å². The van der Waals surface area contributed by atoms with Gasteiger partial charge < -0.3 is 24.4 Å². The molecule has 2 N–H and O–H groups in total. The van der Waals surface area contributed by atoms with Crippen molar-refractivity contribution in [2.45, 2.75) is 31.8 Å². The number of benzene rings is 2. The number of ether oxygens (including phenoxy) is 3. The highest BCUT2D eigenvalue weighted by atomic mass is 79.9. The van der Waals surface area contributed by atoms with Crippen LogP contribution < -0.4 is 4.74 Å². The van der Waals surface area contributed by atoms with Crippen LogP contribution in [0.3, 0.4) is 0 Å². The summed E-state index contributed by atoms with van der Waals surface area (Å²) in [5, 5.41) is 20.6. The van der Waals surface area contributed by atoms with Gasteiger partial charge in [-0.2, -0.15) is 0 Å². The Labute approximate surface area is 168 Å². The number of rotatable bonds is 7. The van der Waals surface area contributed by atoms with Gasteiger partial charge in [-0.15, -0.1) is 0 Å². The predicted octanol–water partition coefficient (Wildman–Crippen LogP) is 4.66. The fourth-order valence-corrected chi connectivity index (χ4v) is 3.86. The summed E-state index contributed by atoms with van der Waals surface area (Å²) < 4.78 is 17.4. The van der Waals surface area contributed by atoms with Crippen molar-refractivity contribution in [1.82, 2.24) is 0 Å². The molecule has 3 rings (SSSR count). The topological polar surface area (TPSA) is 68.2 Å². The largest absolute Gasteiger partial charge is 0.507 e. The lowest BCUT2D eigenvalue weighted by atomic mass is 9.96. The zero-order valence-corrected chi connectivity index (χ0v) is 17.0. The molecule has 1 unspecified atom stereocenters. The minimum atomic E-state index is 0.00441. The molecule has 1 heterocycles. The van der Waals surface area contributed by atoms with Crippen LogP contribution in [0, 0.1) is 0 Å². The Kier molecular flexibility index (Phi) is 6.99. The van der Waals surface area contributed by atoms with E-state index in [1.165, 1.54) is 12.5 Å². The molecule has 1 fully saturated rings. The number of hydrogen-bond acceptors (Lipinski definition) is 5. The van der Waals surface area contributed by atoms with Crippen molar-refractivity contribution in [1.29, 1.82) is 0 Å². The van der Waals surface area contributed by atoms with Crippen molar-refractivity contribution in [3.05, 3.63) is 40.4 Å². The van der Waals surface area contributed by atoms with Crippen molar-refractivity contribution in [2.24, 2.45) is 0 Å². The summed E-state index contributed by atoms with van der Waals surface area (Å²) >= 11 is 3.45. The molecule has 1 atom stereocenters. The summed E-state index contributed by atoms with van der Waals surface area (Å²) in [5.41, 5.74) is 2.28. The Morgan fingerprint density at radius 3 is 2.78 bits per heavy atom. The number of halogens is 1. The summed E-state index contributed by atoms with van der Waals surface area (Å²) in [6.45, 7) is 1.84. The van der Waals surface area contributed by atoms with Crippen LogP contribution in [-0.2, 0) is 15.9 Å². The summed E-state index contributed by atoms with van der Waals surface area (Å²) in [6.07, 6.45) is 4.04. The highest BCUT2D eigenvalue weighted by molar-refractivity contribution is 9.10. The maximum Gasteiger partial charge on any atom is 0.133 e. The fraction of sp³-hybridized carbons (Fsp3) is 0.429. The molecule has 0 amide bonds. The first-order chi connectivity index (χ1) is 13.1. The first kappa shape index (κ1) is 20.0. The monoisotopic (exact) mass is 436 g/mol. The van der Waals surface area contributed by atoms with Crippen molar-refractivity contribution >= 4 is 15.9 Å². The molecular formula is C21H25BrO5. The molecule has 2 aromatic carbocycles. The second kappa shape index (κ2) is 9.44. The zero-order valence-electron chi connectivity index (χ0n) is 15.4. The predicted molar refractivity (Wildman–Crippen MR) is 108 cm³/mol. The lowest BCUT2D eigenvalue weighted by Gasteiger charge is -2.22. The summed E-state index contributed by atoms with van der Waals surface area (Å²) in [7, 11) is 1.60. The Morgan fingerprint density at radius 2 is 2.04 bits per heavy atom. The molecule has 5 nitrogen and oxygen atoms in total. The van der Waals surface area contributed by atoms with E-state index in [-0.39, 0.29) is 17.6 Å². The number of aromatic hydroxyl groups is 2. The minimum Gasteiger partial charge on any atom is -0.507 e. The molecule has 2 aromatic rings. The summed E-state index contributed by atoms with van der Waals surface area (Å²) in [6, 6.07) is 8.83. The summed E-state index contributed by atoms with van der Waals surface area (Å²) in [5.74, 6) is 0.729. The third-order valence-corrected chi connectivity index (χ3v) is 5.64. The van der Waals surface area contributed by atoms with Gasteiger partial charge in [0.15, 0.2) is 0 Å². The Hall–Kier alpha value is -1.76. The molecule has 6 heteroatoms. The van der Waals surface area contributed by atoms with Crippen LogP contribution in [0.25, 0.3) is 11.1 Å². The standard InChI is InChI=1S/C21H25BrO5/c1-25-15-7-4-5-14(11-15)20-17(21(22)19(24)12-18(20)23)8-10-26-13-16-6-2-3-9-27-16/h4-5,7,11-12,16,23-24H,2-3,6,8-10,13H2,1H3. The van der Waals surface area contributed by atoms with Gasteiger partial charge in [0.2, 0.25) is 0 Å². The van der Waals surface area contributed by atoms with E-state index < -0.39 is 0 Å². The van der Waals surface area contributed by atoms with Crippen LogP contribution >= 0.6 is 15.9 Å². The van der Waals surface area contributed by atoms with Crippen LogP contribution in [0.2, 0.25) is 0 Å². The van der Waals surface area contributed by atoms with Crippen LogP contribution in [-0.4, -0.2) is 43.2 Å². The molecule has 0 aliphatic carbocycles. The van der Waals surface area contributed by atoms with E-state index in [4.69, 9.17) is 14.2 Å². The number of hydrogen-bond donors (Lipinski definition) is 2. The van der Waals surface area contributed by atoms with Gasteiger partial charge in [-0.25, -0.2) is 0 Å². The second-order valence-electron chi connectivity index (χ2n) is 6.63. The Bertz CT molecular complexity index is 771. The van der Waals surface area contributed by atoms with Gasteiger partial charge in [-0.3, -0.25) is 0 Å². The second-order valence-corrected chi connectivity index (χ2v) is 7.42. The van der Waals surface area contributed by atoms with Gasteiger partial charge in [0.25, 0.3) is 0 Å². The molecule has 27 heavy (non-hydrogen) atoms. The molecule has 0 radical (unpaired) electrons. The Morgan fingerprint density at radius 1 is 1.19 bits per heavy atom. The van der Waals surface area contributed by atoms with Crippen LogP contribution in [0.4, 0.5) is 0 Å². The average molecular weight is 437 g/mol. The number of phenolic OH excluding ortho intramolecular Hbond substituents is 2. The highest BCUT2D eigenvalue weighted by Gasteiger charge is 2.19. The quantitative estimate of drug-likeness (QED) is 0.617. The highest BCUT2D eigenvalue weighted by Crippen LogP contribution is 2.43. The van der Waals surface area contributed by atoms with Gasteiger partial charge in [-0.1, -0.05) is 12.1 Å². The molecular weight excluding hydrogens is 412 g/mol. The maximum atomic E-state index is 10.5. The molecule has 0 aromatic heterocycles. The minimum absolute atomic E-state index is 0.00441. The first-order valence-electron chi connectivity index (χ1n) is 9.17. The SMILES string of the molecule is COc1cccc(-c2c(O)cc(O)c(Br)c2CCOCC2CCCCO2)c1. The third-order valence-electron chi connectivity index (χ3n) is 4.75. The van der Waals surface area contributed by atoms with Gasteiger partial charge >= 0.3 is 0 Å². The van der Waals surface area contributed by atoms with Crippen LogP contribution in [0.15, 0.2) is 34.8 Å². The van der Waals surface area contributed by atoms with E-state index in [1.54, 1.807) is 7.11 Å². The van der Waals surface area contributed by atoms with E-state index in [0.29, 0.717) is 35.4 Å². The maximum absolute atomic E-state index is 10.5. The van der Waals surface area contributed by atoms with Crippen LogP contribution in [0.1, 0.15) is 24.8 Å². The van der Waals surface area contributed by atoms with E-state index in [9.17, 15) is 10.2 Å². The fourth-order valence-electron chi connectivity index (χ4n) is 3.35. The lowest BCUT2D eigenvalue weighted by molar-refractivity contribution is -0.0400.